The molecule has 22 heavy (non-hydrogen) atoms. The van der Waals surface area contributed by atoms with Crippen LogP contribution in [0, 0.1) is 0 Å². The third-order valence-corrected chi connectivity index (χ3v) is 4.74. The van der Waals surface area contributed by atoms with E-state index in [0.29, 0.717) is 20.3 Å². The lowest BCUT2D eigenvalue weighted by molar-refractivity contribution is -0.115. The zero-order valence-corrected chi connectivity index (χ0v) is 13.3. The maximum absolute atomic E-state index is 12.4. The van der Waals surface area contributed by atoms with E-state index in [1.54, 1.807) is 0 Å². The monoisotopic (exact) mass is 410 g/mol. The summed E-state index contributed by atoms with van der Waals surface area (Å²) in [5.41, 5.74) is 1.13. The molecule has 0 amide bonds. The van der Waals surface area contributed by atoms with Crippen molar-refractivity contribution in [3.05, 3.63) is 51.1 Å². The Morgan fingerprint density at radius 1 is 0.864 bits per heavy atom. The molecule has 0 radical (unpaired) electrons. The van der Waals surface area contributed by atoms with Crippen LogP contribution in [0.1, 0.15) is 17.0 Å². The zero-order valence-electron chi connectivity index (χ0n) is 11.1. The molecule has 1 unspecified atom stereocenters. The molecule has 0 bridgehead atoms. The largest absolute Gasteiger partial charge is 0.508 e. The van der Waals surface area contributed by atoms with Gasteiger partial charge < -0.3 is 20.4 Å². The van der Waals surface area contributed by atoms with Gasteiger partial charge in [-0.05, 0) is 40.8 Å². The minimum atomic E-state index is -0.607. The molecule has 112 valence electrons. The van der Waals surface area contributed by atoms with E-state index < -0.39 is 5.92 Å². The Kier molecular flexibility index (Phi) is 3.48. The topological polar surface area (TPSA) is 98.0 Å². The highest BCUT2D eigenvalue weighted by Gasteiger charge is 2.41. The standard InChI is InChI=1S/C16H11IO5/c17-15-13(9-3-1-7(18)5-11(9)20)16(22)14(15)10-4-2-8(19)6-12(10)21/h1-6,13,18-21H. The number of carbonyl (C=O) groups is 1. The van der Waals surface area contributed by atoms with Gasteiger partial charge in [-0.2, -0.15) is 0 Å². The van der Waals surface area contributed by atoms with Crippen LogP contribution in [0.3, 0.4) is 0 Å². The molecule has 1 aliphatic rings. The van der Waals surface area contributed by atoms with Gasteiger partial charge in [-0.25, -0.2) is 0 Å². The number of benzene rings is 2. The second kappa shape index (κ2) is 5.20. The van der Waals surface area contributed by atoms with Gasteiger partial charge in [0.15, 0.2) is 5.78 Å². The lowest BCUT2D eigenvalue weighted by atomic mass is 9.76. The van der Waals surface area contributed by atoms with Crippen molar-refractivity contribution in [2.45, 2.75) is 5.92 Å². The number of allylic oxidation sites excluding steroid dienone is 2. The van der Waals surface area contributed by atoms with E-state index >= 15 is 0 Å². The fourth-order valence-corrected chi connectivity index (χ4v) is 3.67. The van der Waals surface area contributed by atoms with Crippen LogP contribution in [-0.2, 0) is 4.79 Å². The van der Waals surface area contributed by atoms with Crippen molar-refractivity contribution in [1.29, 1.82) is 0 Å². The molecule has 5 nitrogen and oxygen atoms in total. The smallest absolute Gasteiger partial charge is 0.176 e. The number of phenolic OH excluding ortho intramolecular Hbond substituents is 4. The van der Waals surface area contributed by atoms with Crippen LogP contribution in [0.25, 0.3) is 5.57 Å². The summed E-state index contributed by atoms with van der Waals surface area (Å²) < 4.78 is 0.685. The molecule has 1 atom stereocenters. The number of hydrogen-bond acceptors (Lipinski definition) is 5. The van der Waals surface area contributed by atoms with E-state index in [4.69, 9.17) is 0 Å². The van der Waals surface area contributed by atoms with Crippen LogP contribution >= 0.6 is 22.6 Å². The summed E-state index contributed by atoms with van der Waals surface area (Å²) in [5, 5.41) is 38.4. The van der Waals surface area contributed by atoms with Crippen LogP contribution in [0.4, 0.5) is 0 Å². The molecule has 0 saturated heterocycles. The third kappa shape index (κ3) is 2.19. The molecule has 4 N–H and O–H groups in total. The summed E-state index contributed by atoms with van der Waals surface area (Å²) in [7, 11) is 0. The highest BCUT2D eigenvalue weighted by Crippen LogP contribution is 2.51. The maximum atomic E-state index is 12.4. The molecule has 0 fully saturated rings. The van der Waals surface area contributed by atoms with Crippen molar-refractivity contribution in [1.82, 2.24) is 0 Å². The first-order chi connectivity index (χ1) is 10.4. The van der Waals surface area contributed by atoms with Crippen molar-refractivity contribution >= 4 is 33.9 Å². The van der Waals surface area contributed by atoms with Gasteiger partial charge in [0.1, 0.15) is 23.0 Å². The Bertz CT molecular complexity index is 825. The average molecular weight is 410 g/mol. The zero-order chi connectivity index (χ0) is 16.0. The molecule has 0 aromatic heterocycles. The van der Waals surface area contributed by atoms with Crippen molar-refractivity contribution < 1.29 is 25.2 Å². The quantitative estimate of drug-likeness (QED) is 0.571. The van der Waals surface area contributed by atoms with Crippen LogP contribution in [0.5, 0.6) is 23.0 Å². The van der Waals surface area contributed by atoms with Gasteiger partial charge in [0.05, 0.1) is 5.92 Å². The molecular formula is C16H11IO5. The number of Topliss-reactive ketones (excluding diaryl/α,β-unsaturated/α-hetero) is 1. The minimum absolute atomic E-state index is 0.0802. The van der Waals surface area contributed by atoms with Crippen molar-refractivity contribution in [3.63, 3.8) is 0 Å². The van der Waals surface area contributed by atoms with Gasteiger partial charge in [0, 0.05) is 32.4 Å². The van der Waals surface area contributed by atoms with Gasteiger partial charge in [-0.1, -0.05) is 6.07 Å². The molecule has 6 heteroatoms. The van der Waals surface area contributed by atoms with Gasteiger partial charge in [0.25, 0.3) is 0 Å². The van der Waals surface area contributed by atoms with Crippen LogP contribution < -0.4 is 0 Å². The van der Waals surface area contributed by atoms with Crippen LogP contribution in [-0.4, -0.2) is 26.2 Å². The summed E-state index contributed by atoms with van der Waals surface area (Å²) in [6.07, 6.45) is 0. The van der Waals surface area contributed by atoms with Crippen molar-refractivity contribution in [2.24, 2.45) is 0 Å². The summed E-state index contributed by atoms with van der Waals surface area (Å²) >= 11 is 2.00. The van der Waals surface area contributed by atoms with E-state index in [-0.39, 0.29) is 28.8 Å². The Balaban J connectivity index is 2.06. The highest BCUT2D eigenvalue weighted by atomic mass is 127. The summed E-state index contributed by atoms with van der Waals surface area (Å²) in [6.45, 7) is 0. The maximum Gasteiger partial charge on any atom is 0.176 e. The van der Waals surface area contributed by atoms with Gasteiger partial charge in [-0.3, -0.25) is 4.79 Å². The predicted octanol–water partition coefficient (Wildman–Crippen LogP) is 3.02. The number of rotatable bonds is 2. The highest BCUT2D eigenvalue weighted by molar-refractivity contribution is 14.1. The first-order valence-corrected chi connectivity index (χ1v) is 7.46. The molecular weight excluding hydrogens is 399 g/mol. The molecule has 2 aromatic carbocycles. The van der Waals surface area contributed by atoms with Crippen LogP contribution in [0.15, 0.2) is 40.0 Å². The molecule has 0 aliphatic heterocycles. The number of halogens is 1. The third-order valence-electron chi connectivity index (χ3n) is 3.58. The second-order valence-corrected chi connectivity index (χ2v) is 6.13. The molecule has 0 spiro atoms. The number of hydrogen-bond donors (Lipinski definition) is 4. The second-order valence-electron chi connectivity index (χ2n) is 4.96. The normalized spacial score (nSPS) is 17.5. The summed E-state index contributed by atoms with van der Waals surface area (Å²) in [5.74, 6) is -1.33. The number of ketones is 1. The average Bonchev–Trinajstić information content (AvgIpc) is 2.45. The Morgan fingerprint density at radius 3 is 2.00 bits per heavy atom. The van der Waals surface area contributed by atoms with Crippen molar-refractivity contribution in [2.75, 3.05) is 0 Å². The van der Waals surface area contributed by atoms with E-state index in [1.165, 1.54) is 36.4 Å². The Morgan fingerprint density at radius 2 is 1.45 bits per heavy atom. The van der Waals surface area contributed by atoms with Gasteiger partial charge in [-0.15, -0.1) is 0 Å². The van der Waals surface area contributed by atoms with Gasteiger partial charge in [0.2, 0.25) is 0 Å². The lowest BCUT2D eigenvalue weighted by Crippen LogP contribution is -2.25. The molecule has 0 saturated carbocycles. The first kappa shape index (κ1) is 14.7. The number of aromatic hydroxyl groups is 4. The molecule has 3 rings (SSSR count). The summed E-state index contributed by atoms with van der Waals surface area (Å²) in [4.78, 5) is 12.4. The van der Waals surface area contributed by atoms with E-state index in [0.717, 1.165) is 0 Å². The van der Waals surface area contributed by atoms with Crippen LogP contribution in [0.2, 0.25) is 0 Å². The van der Waals surface area contributed by atoms with Gasteiger partial charge >= 0.3 is 0 Å². The van der Waals surface area contributed by atoms with E-state index in [1.807, 2.05) is 22.6 Å². The number of phenols is 4. The lowest BCUT2D eigenvalue weighted by Gasteiger charge is -2.30. The Hall–Kier alpha value is -2.22. The van der Waals surface area contributed by atoms with E-state index in [9.17, 15) is 25.2 Å². The fraction of sp³-hybridized carbons (Fsp3) is 0.0625. The number of carbonyl (C=O) groups excluding carboxylic acids is 1. The molecule has 2 aromatic rings. The minimum Gasteiger partial charge on any atom is -0.508 e. The fourth-order valence-electron chi connectivity index (χ4n) is 2.49. The first-order valence-electron chi connectivity index (χ1n) is 6.38. The molecule has 0 heterocycles. The SMILES string of the molecule is O=C1C(c2ccc(O)cc2O)=C(I)C1c1ccc(O)cc1O. The Labute approximate surface area is 139 Å². The van der Waals surface area contributed by atoms with Crippen molar-refractivity contribution in [3.8, 4) is 23.0 Å². The predicted molar refractivity (Wildman–Crippen MR) is 88.2 cm³/mol. The van der Waals surface area contributed by atoms with E-state index in [2.05, 4.69) is 0 Å². The molecule has 1 aliphatic carbocycles. The summed E-state index contributed by atoms with van der Waals surface area (Å²) in [6, 6.07) is 8.13.